The van der Waals surface area contributed by atoms with Gasteiger partial charge < -0.3 is 4.74 Å². The molecule has 0 saturated carbocycles. The molecule has 1 aromatic heterocycles. The highest BCUT2D eigenvalue weighted by Gasteiger charge is 2.25. The number of hydrogen-bond acceptors (Lipinski definition) is 4. The summed E-state index contributed by atoms with van der Waals surface area (Å²) in [5.41, 5.74) is 3.75. The molecule has 0 fully saturated rings. The molecule has 26 heavy (non-hydrogen) atoms. The monoisotopic (exact) mass is 388 g/mol. The minimum atomic E-state index is -3.24. The molecule has 2 aromatic carbocycles. The number of hydrogen-bond donors (Lipinski definition) is 0. The quantitative estimate of drug-likeness (QED) is 0.686. The fourth-order valence-electron chi connectivity index (χ4n) is 3.30. The van der Waals surface area contributed by atoms with Gasteiger partial charge in [-0.1, -0.05) is 11.6 Å². The molecule has 134 valence electrons. The predicted molar refractivity (Wildman–Crippen MR) is 101 cm³/mol. The summed E-state index contributed by atoms with van der Waals surface area (Å²) in [5, 5.41) is 0.480. The van der Waals surface area contributed by atoms with Gasteiger partial charge in [0, 0.05) is 11.8 Å². The van der Waals surface area contributed by atoms with Gasteiger partial charge in [-0.15, -0.1) is 0 Å². The number of sulfone groups is 1. The van der Waals surface area contributed by atoms with Crippen molar-refractivity contribution in [2.75, 3.05) is 13.4 Å². The van der Waals surface area contributed by atoms with Gasteiger partial charge >= 0.3 is 0 Å². The molecule has 0 saturated heterocycles. The zero-order valence-electron chi connectivity index (χ0n) is 14.4. The zero-order chi connectivity index (χ0) is 18.5. The van der Waals surface area contributed by atoms with Crippen LogP contribution in [0.1, 0.15) is 11.3 Å². The van der Waals surface area contributed by atoms with E-state index in [0.717, 1.165) is 40.5 Å². The number of nitrogens with zero attached hydrogens (tertiary/aromatic N) is 2. The molecule has 0 bridgehead atoms. The van der Waals surface area contributed by atoms with E-state index in [-0.39, 0.29) is 0 Å². The SMILES string of the molecule is COc1ccc(-c2nc(Cl)c3n2-c2ccc(S(C)(=O)=O)cc2CC3)cc1. The smallest absolute Gasteiger partial charge is 0.175 e. The van der Waals surface area contributed by atoms with Gasteiger partial charge in [0.15, 0.2) is 15.0 Å². The molecule has 1 aliphatic heterocycles. The molecule has 0 N–H and O–H groups in total. The Balaban J connectivity index is 1.90. The van der Waals surface area contributed by atoms with Crippen LogP contribution in [0.5, 0.6) is 5.75 Å². The number of ether oxygens (including phenoxy) is 1. The average Bonchev–Trinajstić information content (AvgIpc) is 2.98. The summed E-state index contributed by atoms with van der Waals surface area (Å²) in [6.07, 6.45) is 2.66. The average molecular weight is 389 g/mol. The number of fused-ring (bicyclic) bond motifs is 3. The highest BCUT2D eigenvalue weighted by atomic mass is 35.5. The van der Waals surface area contributed by atoms with Gasteiger partial charge in [0.2, 0.25) is 0 Å². The molecule has 0 amide bonds. The van der Waals surface area contributed by atoms with Gasteiger partial charge in [-0.05, 0) is 60.9 Å². The molecule has 3 aromatic rings. The van der Waals surface area contributed by atoms with Crippen molar-refractivity contribution in [1.29, 1.82) is 0 Å². The second-order valence-electron chi connectivity index (χ2n) is 6.30. The fourth-order valence-corrected chi connectivity index (χ4v) is 4.23. The van der Waals surface area contributed by atoms with Crippen molar-refractivity contribution in [3.8, 4) is 22.8 Å². The van der Waals surface area contributed by atoms with Crippen LogP contribution < -0.4 is 4.74 Å². The molecule has 0 radical (unpaired) electrons. The van der Waals surface area contributed by atoms with Gasteiger partial charge in [-0.3, -0.25) is 4.57 Å². The zero-order valence-corrected chi connectivity index (χ0v) is 15.9. The van der Waals surface area contributed by atoms with Gasteiger partial charge in [0.1, 0.15) is 11.6 Å². The topological polar surface area (TPSA) is 61.2 Å². The number of aromatic nitrogens is 2. The summed E-state index contributed by atoms with van der Waals surface area (Å²) in [7, 11) is -1.62. The van der Waals surface area contributed by atoms with Crippen LogP contribution in [0.4, 0.5) is 0 Å². The van der Waals surface area contributed by atoms with Crippen molar-refractivity contribution >= 4 is 21.4 Å². The molecule has 0 unspecified atom stereocenters. The first-order valence-corrected chi connectivity index (χ1v) is 10.4. The van der Waals surface area contributed by atoms with E-state index in [2.05, 4.69) is 4.98 Å². The molecule has 0 atom stereocenters. The molecule has 0 aliphatic carbocycles. The number of methoxy groups -OCH3 is 1. The van der Waals surface area contributed by atoms with Crippen molar-refractivity contribution < 1.29 is 13.2 Å². The first-order chi connectivity index (χ1) is 12.4. The molecule has 2 heterocycles. The lowest BCUT2D eigenvalue weighted by molar-refractivity contribution is 0.415. The molecule has 4 rings (SSSR count). The van der Waals surface area contributed by atoms with Crippen molar-refractivity contribution in [3.63, 3.8) is 0 Å². The lowest BCUT2D eigenvalue weighted by Crippen LogP contribution is -2.14. The second kappa shape index (κ2) is 6.14. The summed E-state index contributed by atoms with van der Waals surface area (Å²) in [5.74, 6) is 1.50. The number of aryl methyl sites for hydroxylation is 1. The van der Waals surface area contributed by atoms with E-state index >= 15 is 0 Å². The third kappa shape index (κ3) is 2.79. The van der Waals surface area contributed by atoms with Gasteiger partial charge in [-0.2, -0.15) is 0 Å². The highest BCUT2D eigenvalue weighted by molar-refractivity contribution is 7.90. The van der Waals surface area contributed by atoms with Crippen molar-refractivity contribution in [2.24, 2.45) is 0 Å². The summed E-state index contributed by atoms with van der Waals surface area (Å²) in [6, 6.07) is 12.8. The third-order valence-corrected chi connectivity index (χ3v) is 6.04. The number of rotatable bonds is 3. The van der Waals surface area contributed by atoms with E-state index in [4.69, 9.17) is 16.3 Å². The Morgan fingerprint density at radius 2 is 1.85 bits per heavy atom. The van der Waals surface area contributed by atoms with Gasteiger partial charge in [0.05, 0.1) is 23.4 Å². The molecule has 7 heteroatoms. The van der Waals surface area contributed by atoms with Crippen LogP contribution in [-0.4, -0.2) is 31.3 Å². The maximum atomic E-state index is 11.9. The minimum Gasteiger partial charge on any atom is -0.497 e. The van der Waals surface area contributed by atoms with E-state index in [1.54, 1.807) is 19.2 Å². The number of benzene rings is 2. The lowest BCUT2D eigenvalue weighted by Gasteiger charge is -2.21. The Labute approximate surface area is 157 Å². The highest BCUT2D eigenvalue weighted by Crippen LogP contribution is 2.36. The van der Waals surface area contributed by atoms with Crippen molar-refractivity contribution in [1.82, 2.24) is 9.55 Å². The fraction of sp³-hybridized carbons (Fsp3) is 0.211. The molecule has 1 aliphatic rings. The van der Waals surface area contributed by atoms with Gasteiger partial charge in [-0.25, -0.2) is 13.4 Å². The Bertz CT molecular complexity index is 1100. The van der Waals surface area contributed by atoms with Crippen LogP contribution in [0.15, 0.2) is 47.4 Å². The van der Waals surface area contributed by atoms with Gasteiger partial charge in [0.25, 0.3) is 0 Å². The summed E-state index contributed by atoms with van der Waals surface area (Å²) in [6.45, 7) is 0. The van der Waals surface area contributed by atoms with Crippen LogP contribution in [0, 0.1) is 0 Å². The molecule has 5 nitrogen and oxygen atoms in total. The van der Waals surface area contributed by atoms with E-state index in [9.17, 15) is 8.42 Å². The maximum Gasteiger partial charge on any atom is 0.175 e. The van der Waals surface area contributed by atoms with E-state index in [1.807, 2.05) is 34.9 Å². The Hall–Kier alpha value is -2.31. The Morgan fingerprint density at radius 3 is 2.50 bits per heavy atom. The summed E-state index contributed by atoms with van der Waals surface area (Å²) < 4.78 is 31.0. The summed E-state index contributed by atoms with van der Waals surface area (Å²) in [4.78, 5) is 4.89. The molecular weight excluding hydrogens is 372 g/mol. The lowest BCUT2D eigenvalue weighted by atomic mass is 10.0. The van der Waals surface area contributed by atoms with E-state index in [0.29, 0.717) is 16.5 Å². The Kier molecular flexibility index (Phi) is 4.04. The van der Waals surface area contributed by atoms with E-state index in [1.165, 1.54) is 6.26 Å². The normalized spacial score (nSPS) is 13.2. The largest absolute Gasteiger partial charge is 0.497 e. The van der Waals surface area contributed by atoms with Crippen LogP contribution >= 0.6 is 11.6 Å². The number of imidazole rings is 1. The third-order valence-electron chi connectivity index (χ3n) is 4.62. The Morgan fingerprint density at radius 1 is 1.12 bits per heavy atom. The van der Waals surface area contributed by atoms with Crippen molar-refractivity contribution in [3.05, 3.63) is 58.9 Å². The first kappa shape index (κ1) is 17.1. The van der Waals surface area contributed by atoms with Crippen LogP contribution in [-0.2, 0) is 22.7 Å². The van der Waals surface area contributed by atoms with Crippen LogP contribution in [0.3, 0.4) is 0 Å². The summed E-state index contributed by atoms with van der Waals surface area (Å²) >= 11 is 6.39. The van der Waals surface area contributed by atoms with Crippen molar-refractivity contribution in [2.45, 2.75) is 17.7 Å². The predicted octanol–water partition coefficient (Wildman–Crippen LogP) is 3.70. The van der Waals surface area contributed by atoms with E-state index < -0.39 is 9.84 Å². The first-order valence-electron chi connectivity index (χ1n) is 8.13. The maximum absolute atomic E-state index is 11.9. The molecular formula is C19H17ClN2O3S. The van der Waals surface area contributed by atoms with Crippen LogP contribution in [0.25, 0.3) is 17.1 Å². The molecule has 0 spiro atoms. The standard InChI is InChI=1S/C19H17ClN2O3S/c1-25-14-6-3-12(4-7-14)19-21-18(20)17-9-5-13-11-15(26(2,23)24)8-10-16(13)22(17)19/h3-4,6-8,10-11H,5,9H2,1-2H3. The number of halogens is 1. The second-order valence-corrected chi connectivity index (χ2v) is 8.67. The van der Waals surface area contributed by atoms with Crippen LogP contribution in [0.2, 0.25) is 5.15 Å². The minimum absolute atomic E-state index is 0.330.